The molecule has 2 N–H and O–H groups in total. The Morgan fingerprint density at radius 2 is 2.05 bits per heavy atom. The van der Waals surface area contributed by atoms with Crippen molar-refractivity contribution in [1.82, 2.24) is 9.88 Å². The molecule has 0 aromatic carbocycles. The number of nitrogens with zero attached hydrogens (tertiary/aromatic N) is 2. The van der Waals surface area contributed by atoms with Gasteiger partial charge in [0.05, 0.1) is 11.1 Å². The number of piperidine rings is 1. The van der Waals surface area contributed by atoms with E-state index in [4.69, 9.17) is 0 Å². The van der Waals surface area contributed by atoms with Crippen LogP contribution in [0, 0.1) is 12.3 Å². The van der Waals surface area contributed by atoms with Gasteiger partial charge in [-0.05, 0) is 51.9 Å². The number of aliphatic carboxylic acids is 1. The molecule has 0 spiro atoms. The number of rotatable bonds is 3. The molecule has 0 amide bonds. The Morgan fingerprint density at radius 1 is 1.42 bits per heavy atom. The summed E-state index contributed by atoms with van der Waals surface area (Å²) in [6, 6.07) is 3.43. The normalized spacial score (nSPS) is 19.3. The molecule has 104 valence electrons. The number of carboxylic acids is 1. The summed E-state index contributed by atoms with van der Waals surface area (Å²) < 4.78 is 0. The van der Waals surface area contributed by atoms with Crippen LogP contribution >= 0.6 is 0 Å². The van der Waals surface area contributed by atoms with Gasteiger partial charge in [0.1, 0.15) is 5.75 Å². The molecule has 0 aliphatic carbocycles. The predicted molar refractivity (Wildman–Crippen MR) is 70.9 cm³/mol. The summed E-state index contributed by atoms with van der Waals surface area (Å²) in [7, 11) is 0. The second-order valence-corrected chi connectivity index (χ2v) is 5.56. The standard InChI is InChI=1S/C14H20N2O3/c1-10-3-4-12(17)11(15-10)9-16-7-5-14(2,6-8-16)13(18)19/h3-4,17H,5-9H2,1-2H3,(H,18,19). The van der Waals surface area contributed by atoms with E-state index in [2.05, 4.69) is 9.88 Å². The van der Waals surface area contributed by atoms with E-state index in [0.717, 1.165) is 18.8 Å². The van der Waals surface area contributed by atoms with Crippen molar-refractivity contribution < 1.29 is 15.0 Å². The van der Waals surface area contributed by atoms with Gasteiger partial charge in [0.2, 0.25) is 0 Å². The molecule has 1 aromatic rings. The average Bonchev–Trinajstić information content (AvgIpc) is 2.36. The number of carbonyl (C=O) groups is 1. The van der Waals surface area contributed by atoms with Crippen molar-refractivity contribution in [2.24, 2.45) is 5.41 Å². The van der Waals surface area contributed by atoms with E-state index in [-0.39, 0.29) is 5.75 Å². The van der Waals surface area contributed by atoms with Gasteiger partial charge in [0.25, 0.3) is 0 Å². The minimum Gasteiger partial charge on any atom is -0.506 e. The third-order valence-electron chi connectivity index (χ3n) is 3.94. The smallest absolute Gasteiger partial charge is 0.309 e. The molecule has 2 rings (SSSR count). The van der Waals surface area contributed by atoms with E-state index in [0.29, 0.717) is 25.1 Å². The van der Waals surface area contributed by atoms with Crippen molar-refractivity contribution >= 4 is 5.97 Å². The highest BCUT2D eigenvalue weighted by Crippen LogP contribution is 2.32. The number of aromatic nitrogens is 1. The van der Waals surface area contributed by atoms with Gasteiger partial charge >= 0.3 is 5.97 Å². The molecule has 0 unspecified atom stereocenters. The lowest BCUT2D eigenvalue weighted by Gasteiger charge is -2.36. The van der Waals surface area contributed by atoms with E-state index in [1.165, 1.54) is 0 Å². The zero-order valence-electron chi connectivity index (χ0n) is 11.4. The van der Waals surface area contributed by atoms with E-state index < -0.39 is 11.4 Å². The fourth-order valence-electron chi connectivity index (χ4n) is 2.35. The van der Waals surface area contributed by atoms with Crippen molar-refractivity contribution in [1.29, 1.82) is 0 Å². The zero-order chi connectivity index (χ0) is 14.0. The van der Waals surface area contributed by atoms with E-state index >= 15 is 0 Å². The van der Waals surface area contributed by atoms with Crippen LogP contribution in [0.4, 0.5) is 0 Å². The maximum Gasteiger partial charge on any atom is 0.309 e. The molecule has 0 atom stereocenters. The molecule has 1 aromatic heterocycles. The number of likely N-dealkylation sites (tertiary alicyclic amines) is 1. The lowest BCUT2D eigenvalue weighted by Crippen LogP contribution is -2.42. The van der Waals surface area contributed by atoms with Gasteiger partial charge in [-0.3, -0.25) is 14.7 Å². The van der Waals surface area contributed by atoms with Gasteiger partial charge in [0, 0.05) is 12.2 Å². The number of aryl methyl sites for hydroxylation is 1. The van der Waals surface area contributed by atoms with Crippen LogP contribution in [0.15, 0.2) is 12.1 Å². The maximum atomic E-state index is 11.2. The van der Waals surface area contributed by atoms with Crippen molar-refractivity contribution in [2.45, 2.75) is 33.2 Å². The highest BCUT2D eigenvalue weighted by molar-refractivity contribution is 5.74. The average molecular weight is 264 g/mol. The number of hydrogen-bond donors (Lipinski definition) is 2. The van der Waals surface area contributed by atoms with Gasteiger partial charge in [-0.1, -0.05) is 0 Å². The quantitative estimate of drug-likeness (QED) is 0.870. The topological polar surface area (TPSA) is 73.7 Å². The SMILES string of the molecule is Cc1ccc(O)c(CN2CCC(C)(C(=O)O)CC2)n1. The highest BCUT2D eigenvalue weighted by Gasteiger charge is 2.36. The largest absolute Gasteiger partial charge is 0.506 e. The molecule has 0 radical (unpaired) electrons. The first kappa shape index (κ1) is 13.8. The predicted octanol–water partition coefficient (Wildman–Crippen LogP) is 1.78. The van der Waals surface area contributed by atoms with Crippen LogP contribution in [0.1, 0.15) is 31.2 Å². The lowest BCUT2D eigenvalue weighted by molar-refractivity contribution is -0.150. The molecule has 19 heavy (non-hydrogen) atoms. The second kappa shape index (κ2) is 5.17. The monoisotopic (exact) mass is 264 g/mol. The first-order valence-corrected chi connectivity index (χ1v) is 6.52. The first-order chi connectivity index (χ1) is 8.90. The molecular weight excluding hydrogens is 244 g/mol. The summed E-state index contributed by atoms with van der Waals surface area (Å²) in [4.78, 5) is 17.6. The van der Waals surface area contributed by atoms with E-state index in [1.54, 1.807) is 19.1 Å². The van der Waals surface area contributed by atoms with Gasteiger partial charge in [-0.15, -0.1) is 0 Å². The number of aromatic hydroxyl groups is 1. The van der Waals surface area contributed by atoms with Crippen molar-refractivity contribution in [2.75, 3.05) is 13.1 Å². The molecule has 2 heterocycles. The maximum absolute atomic E-state index is 11.2. The summed E-state index contributed by atoms with van der Waals surface area (Å²) in [6.07, 6.45) is 1.27. The van der Waals surface area contributed by atoms with Gasteiger partial charge in [-0.2, -0.15) is 0 Å². The van der Waals surface area contributed by atoms with Crippen LogP contribution in [0.25, 0.3) is 0 Å². The Kier molecular flexibility index (Phi) is 3.75. The Hall–Kier alpha value is -1.62. The fourth-order valence-corrected chi connectivity index (χ4v) is 2.35. The van der Waals surface area contributed by atoms with Crippen LogP contribution in [0.2, 0.25) is 0 Å². The van der Waals surface area contributed by atoms with Gasteiger partial charge in [-0.25, -0.2) is 0 Å². The molecule has 1 aliphatic heterocycles. The molecular formula is C14H20N2O3. The molecule has 0 saturated carbocycles. The molecule has 5 heteroatoms. The summed E-state index contributed by atoms with van der Waals surface area (Å²) in [6.45, 7) is 5.70. The summed E-state index contributed by atoms with van der Waals surface area (Å²) >= 11 is 0. The van der Waals surface area contributed by atoms with Crippen LogP contribution in [0.5, 0.6) is 5.75 Å². The second-order valence-electron chi connectivity index (χ2n) is 5.56. The zero-order valence-corrected chi connectivity index (χ0v) is 11.4. The number of hydrogen-bond acceptors (Lipinski definition) is 4. The van der Waals surface area contributed by atoms with Crippen molar-refractivity contribution in [3.63, 3.8) is 0 Å². The highest BCUT2D eigenvalue weighted by atomic mass is 16.4. The molecule has 0 bridgehead atoms. The molecule has 5 nitrogen and oxygen atoms in total. The van der Waals surface area contributed by atoms with Gasteiger partial charge in [0.15, 0.2) is 0 Å². The van der Waals surface area contributed by atoms with Crippen molar-refractivity contribution in [3.8, 4) is 5.75 Å². The third-order valence-corrected chi connectivity index (χ3v) is 3.94. The van der Waals surface area contributed by atoms with Crippen LogP contribution in [-0.4, -0.2) is 39.2 Å². The number of pyridine rings is 1. The fraction of sp³-hybridized carbons (Fsp3) is 0.571. The third kappa shape index (κ3) is 3.04. The van der Waals surface area contributed by atoms with E-state index in [1.807, 2.05) is 6.92 Å². The number of carboxylic acid groups (broad SMARTS) is 1. The minimum atomic E-state index is -0.719. The molecule has 1 saturated heterocycles. The summed E-state index contributed by atoms with van der Waals surface area (Å²) in [5.74, 6) is -0.513. The minimum absolute atomic E-state index is 0.206. The lowest BCUT2D eigenvalue weighted by atomic mass is 9.80. The molecule has 1 aliphatic rings. The Bertz CT molecular complexity index is 480. The van der Waals surface area contributed by atoms with E-state index in [9.17, 15) is 15.0 Å². The molecule has 1 fully saturated rings. The summed E-state index contributed by atoms with van der Waals surface area (Å²) in [5.41, 5.74) is 0.928. The Balaban J connectivity index is 1.99. The Morgan fingerprint density at radius 3 is 2.63 bits per heavy atom. The van der Waals surface area contributed by atoms with Crippen molar-refractivity contribution in [3.05, 3.63) is 23.5 Å². The Labute approximate surface area is 112 Å². The van der Waals surface area contributed by atoms with Crippen LogP contribution in [0.3, 0.4) is 0 Å². The van der Waals surface area contributed by atoms with Gasteiger partial charge < -0.3 is 10.2 Å². The van der Waals surface area contributed by atoms with Crippen LogP contribution in [-0.2, 0) is 11.3 Å². The summed E-state index contributed by atoms with van der Waals surface area (Å²) in [5, 5.41) is 19.0. The van der Waals surface area contributed by atoms with Crippen LogP contribution < -0.4 is 0 Å². The first-order valence-electron chi connectivity index (χ1n) is 6.52.